The molecule has 1 amide bonds. The summed E-state index contributed by atoms with van der Waals surface area (Å²) < 4.78 is 45.1. The Morgan fingerprint density at radius 1 is 0.854 bits per heavy atom. The highest BCUT2D eigenvalue weighted by atomic mass is 32.3. The average molecular weight is 618 g/mol. The molecular formula is C26H51NO13S. The number of ether oxygens (including phenoxy) is 2. The Morgan fingerprint density at radius 3 is 1.85 bits per heavy atom. The van der Waals surface area contributed by atoms with E-state index in [1.807, 2.05) is 0 Å². The summed E-state index contributed by atoms with van der Waals surface area (Å²) in [5.41, 5.74) is 0. The molecule has 0 bridgehead atoms. The van der Waals surface area contributed by atoms with Crippen LogP contribution in [0.5, 0.6) is 0 Å². The molecule has 1 fully saturated rings. The van der Waals surface area contributed by atoms with Crippen LogP contribution in [-0.4, -0.2) is 118 Å². The van der Waals surface area contributed by atoms with Crippen LogP contribution in [0.3, 0.4) is 0 Å². The first-order valence-corrected chi connectivity index (χ1v) is 16.0. The van der Waals surface area contributed by atoms with Crippen molar-refractivity contribution in [2.75, 3.05) is 13.2 Å². The van der Waals surface area contributed by atoms with Crippen molar-refractivity contribution in [2.24, 2.45) is 0 Å². The normalized spacial score (nSPS) is 26.3. The van der Waals surface area contributed by atoms with E-state index in [2.05, 4.69) is 16.4 Å². The molecule has 14 nitrogen and oxygen atoms in total. The summed E-state index contributed by atoms with van der Waals surface area (Å²) in [7, 11) is -4.92. The van der Waals surface area contributed by atoms with Gasteiger partial charge in [-0.2, -0.15) is 8.42 Å². The number of unbranched alkanes of at least 4 members (excludes halogenated alkanes) is 11. The Balaban J connectivity index is 2.46. The van der Waals surface area contributed by atoms with Crippen LogP contribution >= 0.6 is 0 Å². The van der Waals surface area contributed by atoms with Gasteiger partial charge in [-0.25, -0.2) is 4.18 Å². The highest BCUT2D eigenvalue weighted by Crippen LogP contribution is 2.25. The predicted molar refractivity (Wildman–Crippen MR) is 147 cm³/mol. The molecule has 244 valence electrons. The standard InChI is InChI=1S/C26H51NO13S/c1-3-4-5-6-7-8-9-10-11-12-13-14-15-27-25(34)22(32)21(31)24(17(2)28)40-26-23(33)20(30)19(29)18(39-26)16-38-41(35,36)37/h17-24,26,28-33H,3-16H2,1-2H3,(H,27,34)(H,35,36,37)/t17-,18?,19-,20+,21-,22-,23?,24-,26+/m1/s1. The maximum atomic E-state index is 12.4. The third kappa shape index (κ3) is 14.8. The number of carbonyl (C=O) groups excluding carboxylic acids is 1. The average Bonchev–Trinajstić information content (AvgIpc) is 2.91. The minimum atomic E-state index is -4.92. The van der Waals surface area contributed by atoms with E-state index < -0.39 is 78.0 Å². The lowest BCUT2D eigenvalue weighted by Crippen LogP contribution is -2.61. The van der Waals surface area contributed by atoms with Gasteiger partial charge in [0.15, 0.2) is 12.4 Å². The van der Waals surface area contributed by atoms with Gasteiger partial charge in [-0.15, -0.1) is 0 Å². The van der Waals surface area contributed by atoms with Crippen LogP contribution in [0.2, 0.25) is 0 Å². The van der Waals surface area contributed by atoms with E-state index in [1.54, 1.807) is 0 Å². The van der Waals surface area contributed by atoms with Gasteiger partial charge >= 0.3 is 10.4 Å². The molecule has 1 rings (SSSR count). The second-order valence-corrected chi connectivity index (χ2v) is 11.8. The van der Waals surface area contributed by atoms with E-state index in [4.69, 9.17) is 14.0 Å². The van der Waals surface area contributed by atoms with Crippen LogP contribution in [-0.2, 0) is 28.9 Å². The van der Waals surface area contributed by atoms with Crippen molar-refractivity contribution in [1.82, 2.24) is 5.32 Å². The van der Waals surface area contributed by atoms with Crippen molar-refractivity contribution in [2.45, 2.75) is 146 Å². The molecule has 1 heterocycles. The Bertz CT molecular complexity index is 815. The monoisotopic (exact) mass is 617 g/mol. The minimum Gasteiger partial charge on any atom is -0.391 e. The third-order valence-electron chi connectivity index (χ3n) is 7.07. The molecule has 0 aromatic rings. The number of amides is 1. The van der Waals surface area contributed by atoms with Crippen molar-refractivity contribution >= 4 is 16.3 Å². The lowest BCUT2D eigenvalue weighted by molar-refractivity contribution is -0.324. The van der Waals surface area contributed by atoms with E-state index in [1.165, 1.54) is 58.3 Å². The van der Waals surface area contributed by atoms with Crippen LogP contribution in [0.25, 0.3) is 0 Å². The molecule has 0 aromatic carbocycles. The van der Waals surface area contributed by atoms with E-state index in [0.717, 1.165) is 19.3 Å². The molecule has 0 saturated carbocycles. The van der Waals surface area contributed by atoms with Crippen LogP contribution in [0, 0.1) is 0 Å². The summed E-state index contributed by atoms with van der Waals surface area (Å²) >= 11 is 0. The van der Waals surface area contributed by atoms with E-state index in [9.17, 15) is 43.9 Å². The molecule has 41 heavy (non-hydrogen) atoms. The fourth-order valence-corrected chi connectivity index (χ4v) is 4.88. The first kappa shape index (κ1) is 38.0. The van der Waals surface area contributed by atoms with Crippen LogP contribution < -0.4 is 5.32 Å². The SMILES string of the molecule is CCCCCCCCCCCCCCNC(=O)[C@H](O)[C@@H](O)[C@H](O[C@@H]1OC(COS(=O)(=O)O)[C@@H](O)[C@H](O)C1O)[C@@H](C)O. The number of nitrogens with one attached hydrogen (secondary N) is 1. The number of hydrogen-bond acceptors (Lipinski definition) is 12. The van der Waals surface area contributed by atoms with Gasteiger partial charge in [-0.1, -0.05) is 77.6 Å². The number of rotatable bonds is 22. The first-order valence-electron chi connectivity index (χ1n) is 14.6. The lowest BCUT2D eigenvalue weighted by atomic mass is 9.98. The van der Waals surface area contributed by atoms with E-state index in [-0.39, 0.29) is 6.54 Å². The Morgan fingerprint density at radius 2 is 1.37 bits per heavy atom. The van der Waals surface area contributed by atoms with Crippen molar-refractivity contribution < 1.29 is 62.1 Å². The van der Waals surface area contributed by atoms with Gasteiger partial charge in [0.2, 0.25) is 0 Å². The largest absolute Gasteiger partial charge is 0.397 e. The molecule has 9 atom stereocenters. The summed E-state index contributed by atoms with van der Waals surface area (Å²) in [4.78, 5) is 12.4. The van der Waals surface area contributed by atoms with Gasteiger partial charge in [0.1, 0.15) is 36.6 Å². The lowest BCUT2D eigenvalue weighted by Gasteiger charge is -2.42. The highest BCUT2D eigenvalue weighted by Gasteiger charge is 2.47. The van der Waals surface area contributed by atoms with Crippen LogP contribution in [0.1, 0.15) is 90.9 Å². The molecule has 1 aliphatic rings. The summed E-state index contributed by atoms with van der Waals surface area (Å²) in [6.07, 6.45) is -2.62. The van der Waals surface area contributed by atoms with Gasteiger partial charge in [0, 0.05) is 6.54 Å². The zero-order chi connectivity index (χ0) is 31.0. The second-order valence-electron chi connectivity index (χ2n) is 10.7. The fraction of sp³-hybridized carbons (Fsp3) is 0.962. The Labute approximate surface area is 243 Å². The van der Waals surface area contributed by atoms with Crippen LogP contribution in [0.4, 0.5) is 0 Å². The van der Waals surface area contributed by atoms with E-state index in [0.29, 0.717) is 6.42 Å². The topological polar surface area (TPSA) is 233 Å². The molecule has 1 saturated heterocycles. The molecule has 15 heteroatoms. The Kier molecular flexibility index (Phi) is 18.6. The molecule has 0 radical (unpaired) electrons. The predicted octanol–water partition coefficient (Wildman–Crippen LogP) is -0.0815. The number of aliphatic hydroxyl groups excluding tert-OH is 6. The first-order chi connectivity index (χ1) is 19.3. The van der Waals surface area contributed by atoms with Crippen molar-refractivity contribution in [1.29, 1.82) is 0 Å². The minimum absolute atomic E-state index is 0.268. The van der Waals surface area contributed by atoms with Crippen molar-refractivity contribution in [3.05, 3.63) is 0 Å². The zero-order valence-electron chi connectivity index (χ0n) is 24.1. The van der Waals surface area contributed by atoms with Gasteiger partial charge < -0.3 is 45.4 Å². The second kappa shape index (κ2) is 20.1. The van der Waals surface area contributed by atoms with Gasteiger partial charge in [0.05, 0.1) is 12.7 Å². The molecule has 1 aliphatic heterocycles. The van der Waals surface area contributed by atoms with Crippen molar-refractivity contribution in [3.8, 4) is 0 Å². The van der Waals surface area contributed by atoms with Crippen LogP contribution in [0.15, 0.2) is 0 Å². The summed E-state index contributed by atoms with van der Waals surface area (Å²) in [6.45, 7) is 2.68. The highest BCUT2D eigenvalue weighted by molar-refractivity contribution is 7.80. The van der Waals surface area contributed by atoms with Crippen molar-refractivity contribution in [3.63, 3.8) is 0 Å². The number of hydrogen-bond donors (Lipinski definition) is 8. The fourth-order valence-electron chi connectivity index (χ4n) is 4.57. The summed E-state index contributed by atoms with van der Waals surface area (Å²) in [6, 6.07) is 0. The number of carbonyl (C=O) groups is 1. The third-order valence-corrected chi connectivity index (χ3v) is 7.51. The molecule has 0 aromatic heterocycles. The number of aliphatic hydroxyl groups is 6. The smallest absolute Gasteiger partial charge is 0.391 e. The molecule has 8 N–H and O–H groups in total. The van der Waals surface area contributed by atoms with Gasteiger partial charge in [0.25, 0.3) is 5.91 Å². The summed E-state index contributed by atoms with van der Waals surface area (Å²) in [5, 5.41) is 63.9. The van der Waals surface area contributed by atoms with E-state index >= 15 is 0 Å². The summed E-state index contributed by atoms with van der Waals surface area (Å²) in [5.74, 6) is -0.908. The zero-order valence-corrected chi connectivity index (χ0v) is 24.9. The molecular weight excluding hydrogens is 566 g/mol. The van der Waals surface area contributed by atoms with Gasteiger partial charge in [-0.3, -0.25) is 9.35 Å². The quantitative estimate of drug-likeness (QED) is 0.0587. The molecule has 2 unspecified atom stereocenters. The molecule has 0 spiro atoms. The maximum absolute atomic E-state index is 12.4. The molecule has 0 aliphatic carbocycles. The maximum Gasteiger partial charge on any atom is 0.397 e. The Hall–Kier alpha value is -0.980. The van der Waals surface area contributed by atoms with Gasteiger partial charge in [-0.05, 0) is 13.3 Å².